The van der Waals surface area contributed by atoms with E-state index in [1.165, 1.54) is 25.7 Å². The molecule has 0 unspecified atom stereocenters. The summed E-state index contributed by atoms with van der Waals surface area (Å²) >= 11 is 0. The third kappa shape index (κ3) is 2.93. The van der Waals surface area contributed by atoms with Gasteiger partial charge in [-0.1, -0.05) is 33.6 Å². The molecule has 0 aromatic heterocycles. The molecule has 0 aliphatic heterocycles. The van der Waals surface area contributed by atoms with Crippen LogP contribution in [0.4, 0.5) is 0 Å². The molecule has 0 radical (unpaired) electrons. The van der Waals surface area contributed by atoms with Crippen LogP contribution in [0.3, 0.4) is 0 Å². The second-order valence-electron chi connectivity index (χ2n) is 6.99. The molecule has 4 nitrogen and oxygen atoms in total. The van der Waals surface area contributed by atoms with Crippen molar-refractivity contribution >= 4 is 11.9 Å². The maximum Gasteiger partial charge on any atom is 0.307 e. The Hall–Kier alpha value is -1.06. The number of amides is 1. The zero-order chi connectivity index (χ0) is 14.2. The van der Waals surface area contributed by atoms with Crippen molar-refractivity contribution in [2.24, 2.45) is 29.1 Å². The second-order valence-corrected chi connectivity index (χ2v) is 6.99. The van der Waals surface area contributed by atoms with E-state index in [2.05, 4.69) is 12.2 Å². The Balaban J connectivity index is 1.78. The molecule has 0 aromatic carbocycles. The molecule has 2 fully saturated rings. The smallest absolute Gasteiger partial charge is 0.307 e. The van der Waals surface area contributed by atoms with Crippen LogP contribution in [0.5, 0.6) is 0 Å². The molecule has 2 rings (SSSR count). The van der Waals surface area contributed by atoms with E-state index in [0.29, 0.717) is 12.5 Å². The van der Waals surface area contributed by atoms with Gasteiger partial charge in [0.15, 0.2) is 0 Å². The van der Waals surface area contributed by atoms with Crippen LogP contribution in [0, 0.1) is 29.1 Å². The Kier molecular flexibility index (Phi) is 3.88. The van der Waals surface area contributed by atoms with Crippen LogP contribution in [0.15, 0.2) is 0 Å². The van der Waals surface area contributed by atoms with Crippen molar-refractivity contribution in [3.63, 3.8) is 0 Å². The molecule has 4 heteroatoms. The van der Waals surface area contributed by atoms with Gasteiger partial charge in [-0.2, -0.15) is 0 Å². The maximum atomic E-state index is 12.1. The molecular weight excluding hydrogens is 242 g/mol. The van der Waals surface area contributed by atoms with Crippen molar-refractivity contribution in [3.8, 4) is 0 Å². The van der Waals surface area contributed by atoms with Crippen LogP contribution in [-0.2, 0) is 9.59 Å². The molecule has 0 bridgehead atoms. The highest BCUT2D eigenvalue weighted by molar-refractivity contribution is 5.91. The number of carboxylic acids is 1. The third-order valence-electron chi connectivity index (χ3n) is 5.08. The average molecular weight is 267 g/mol. The lowest BCUT2D eigenvalue weighted by atomic mass is 9.83. The van der Waals surface area contributed by atoms with E-state index in [1.54, 1.807) is 0 Å². The Bertz CT molecular complexity index is 370. The van der Waals surface area contributed by atoms with E-state index >= 15 is 0 Å². The minimum absolute atomic E-state index is 0.0731. The van der Waals surface area contributed by atoms with Crippen LogP contribution in [0.25, 0.3) is 0 Å². The van der Waals surface area contributed by atoms with E-state index in [-0.39, 0.29) is 11.8 Å². The van der Waals surface area contributed by atoms with Gasteiger partial charge in [0.05, 0.1) is 11.8 Å². The number of hydrogen-bond acceptors (Lipinski definition) is 2. The highest BCUT2D eigenvalue weighted by Crippen LogP contribution is 2.58. The first kappa shape index (κ1) is 14.4. The molecule has 0 aromatic rings. The lowest BCUT2D eigenvalue weighted by molar-refractivity contribution is -0.140. The average Bonchev–Trinajstić information content (AvgIpc) is 2.91. The maximum absolute atomic E-state index is 12.1. The van der Waals surface area contributed by atoms with E-state index in [9.17, 15) is 9.59 Å². The van der Waals surface area contributed by atoms with Gasteiger partial charge in [-0.05, 0) is 30.1 Å². The fourth-order valence-electron chi connectivity index (χ4n) is 3.48. The van der Waals surface area contributed by atoms with Gasteiger partial charge in [0, 0.05) is 6.54 Å². The molecule has 2 aliphatic carbocycles. The highest BCUT2D eigenvalue weighted by atomic mass is 16.4. The van der Waals surface area contributed by atoms with Crippen LogP contribution < -0.4 is 5.32 Å². The van der Waals surface area contributed by atoms with Crippen molar-refractivity contribution in [1.82, 2.24) is 5.32 Å². The number of carbonyl (C=O) groups is 2. The normalized spacial score (nSPS) is 36.6. The molecule has 19 heavy (non-hydrogen) atoms. The molecule has 0 spiro atoms. The Labute approximate surface area is 115 Å². The number of carbonyl (C=O) groups excluding carboxylic acids is 1. The van der Waals surface area contributed by atoms with Crippen LogP contribution >= 0.6 is 0 Å². The molecule has 108 valence electrons. The fourth-order valence-corrected chi connectivity index (χ4v) is 3.48. The van der Waals surface area contributed by atoms with Gasteiger partial charge < -0.3 is 10.4 Å². The summed E-state index contributed by atoms with van der Waals surface area (Å²) in [6.45, 7) is 6.71. The topological polar surface area (TPSA) is 66.4 Å². The van der Waals surface area contributed by atoms with Crippen LogP contribution in [0.2, 0.25) is 0 Å². The second kappa shape index (κ2) is 5.14. The van der Waals surface area contributed by atoms with Crippen molar-refractivity contribution in [2.75, 3.05) is 6.54 Å². The molecule has 2 N–H and O–H groups in total. The lowest BCUT2D eigenvalue weighted by Gasteiger charge is -2.26. The zero-order valence-electron chi connectivity index (χ0n) is 12.1. The Morgan fingerprint density at radius 1 is 1.16 bits per heavy atom. The van der Waals surface area contributed by atoms with Crippen LogP contribution in [0.1, 0.15) is 46.5 Å². The molecule has 0 saturated heterocycles. The fraction of sp³-hybridized carbons (Fsp3) is 0.867. The molecule has 2 aliphatic rings. The zero-order valence-corrected chi connectivity index (χ0v) is 12.1. The predicted octanol–water partition coefficient (Wildman–Crippen LogP) is 2.29. The summed E-state index contributed by atoms with van der Waals surface area (Å²) in [6.07, 6.45) is 4.84. The van der Waals surface area contributed by atoms with Gasteiger partial charge in [0.1, 0.15) is 0 Å². The molecular formula is C15H25NO3. The summed E-state index contributed by atoms with van der Waals surface area (Å²) in [5.74, 6) is -0.407. The van der Waals surface area contributed by atoms with Crippen molar-refractivity contribution in [1.29, 1.82) is 0 Å². The van der Waals surface area contributed by atoms with Gasteiger partial charge in [0.2, 0.25) is 5.91 Å². The summed E-state index contributed by atoms with van der Waals surface area (Å²) in [5, 5.41) is 12.0. The number of aliphatic carboxylic acids is 1. The largest absolute Gasteiger partial charge is 0.481 e. The van der Waals surface area contributed by atoms with Crippen molar-refractivity contribution in [2.45, 2.75) is 46.5 Å². The minimum Gasteiger partial charge on any atom is -0.481 e. The van der Waals surface area contributed by atoms with Crippen LogP contribution in [-0.4, -0.2) is 23.5 Å². The summed E-state index contributed by atoms with van der Waals surface area (Å²) in [7, 11) is 0. The van der Waals surface area contributed by atoms with Gasteiger partial charge in [-0.25, -0.2) is 0 Å². The molecule has 2 atom stereocenters. The first-order valence-corrected chi connectivity index (χ1v) is 7.34. The van der Waals surface area contributed by atoms with Gasteiger partial charge in [-0.15, -0.1) is 0 Å². The van der Waals surface area contributed by atoms with Gasteiger partial charge >= 0.3 is 5.97 Å². The third-order valence-corrected chi connectivity index (χ3v) is 5.08. The van der Waals surface area contributed by atoms with E-state index < -0.39 is 17.3 Å². The standard InChI is InChI=1S/C15H25NO3/c1-9-4-6-10(7-5-9)8-16-13(17)11-12(14(18)19)15(11,2)3/h9-12H,4-8H2,1-3H3,(H,16,17)(H,18,19)/t9?,10?,11-,12+/m1/s1. The lowest BCUT2D eigenvalue weighted by Crippen LogP contribution is -2.33. The minimum atomic E-state index is -0.850. The Morgan fingerprint density at radius 2 is 1.74 bits per heavy atom. The van der Waals surface area contributed by atoms with Gasteiger partial charge in [-0.3, -0.25) is 9.59 Å². The SMILES string of the molecule is CC1CCC(CNC(=O)[C@H]2[C@@H](C(=O)O)C2(C)C)CC1. The summed E-state index contributed by atoms with van der Waals surface area (Å²) in [4.78, 5) is 23.1. The first-order chi connectivity index (χ1) is 8.84. The Morgan fingerprint density at radius 3 is 2.21 bits per heavy atom. The molecule has 2 saturated carbocycles. The summed E-state index contributed by atoms with van der Waals surface area (Å²) in [5.41, 5.74) is -0.392. The van der Waals surface area contributed by atoms with E-state index in [4.69, 9.17) is 5.11 Å². The number of nitrogens with one attached hydrogen (secondary N) is 1. The molecule has 0 heterocycles. The monoisotopic (exact) mass is 267 g/mol. The van der Waals surface area contributed by atoms with E-state index in [0.717, 1.165) is 5.92 Å². The van der Waals surface area contributed by atoms with Gasteiger partial charge in [0.25, 0.3) is 0 Å². The summed E-state index contributed by atoms with van der Waals surface area (Å²) < 4.78 is 0. The number of hydrogen-bond donors (Lipinski definition) is 2. The molecule has 1 amide bonds. The predicted molar refractivity (Wildman–Crippen MR) is 72.5 cm³/mol. The van der Waals surface area contributed by atoms with Crippen molar-refractivity contribution < 1.29 is 14.7 Å². The van der Waals surface area contributed by atoms with E-state index in [1.807, 2.05) is 13.8 Å². The highest BCUT2D eigenvalue weighted by Gasteiger charge is 2.65. The van der Waals surface area contributed by atoms with Crippen molar-refractivity contribution in [3.05, 3.63) is 0 Å². The first-order valence-electron chi connectivity index (χ1n) is 7.34. The number of carboxylic acid groups (broad SMARTS) is 1. The summed E-state index contributed by atoms with van der Waals surface area (Å²) in [6, 6.07) is 0. The quantitative estimate of drug-likeness (QED) is 0.821. The number of rotatable bonds is 4.